The van der Waals surface area contributed by atoms with Gasteiger partial charge in [0.1, 0.15) is 29.6 Å². The minimum absolute atomic E-state index is 0.246. The number of nitrogens with one attached hydrogen (secondary N) is 1. The van der Waals surface area contributed by atoms with Gasteiger partial charge in [0.25, 0.3) is 5.91 Å². The van der Waals surface area contributed by atoms with Gasteiger partial charge in [-0.2, -0.15) is 0 Å². The highest BCUT2D eigenvalue weighted by molar-refractivity contribution is 7.80. The van der Waals surface area contributed by atoms with E-state index in [0.717, 1.165) is 16.7 Å². The zero-order chi connectivity index (χ0) is 24.2. The lowest BCUT2D eigenvalue weighted by molar-refractivity contribution is -0.113. The summed E-state index contributed by atoms with van der Waals surface area (Å²) in [4.78, 5) is 14.6. The largest absolute Gasteiger partial charge is 0.496 e. The number of carbonyl (C=O) groups excluding carboxylic acids is 1. The molecule has 1 aliphatic rings. The molecule has 1 fully saturated rings. The number of anilines is 1. The number of para-hydroxylation sites is 2. The third-order valence-corrected chi connectivity index (χ3v) is 5.87. The Kier molecular flexibility index (Phi) is 7.05. The highest BCUT2D eigenvalue weighted by atomic mass is 35.5. The van der Waals surface area contributed by atoms with Gasteiger partial charge in [-0.3, -0.25) is 4.79 Å². The molecule has 4 rings (SSSR count). The zero-order valence-corrected chi connectivity index (χ0v) is 20.5. The number of methoxy groups -OCH3 is 2. The number of amides is 1. The molecule has 1 N–H and O–H groups in total. The predicted octanol–water partition coefficient (Wildman–Crippen LogP) is 5.51. The first-order valence-corrected chi connectivity index (χ1v) is 11.3. The SMILES string of the molecule is COc1ccc(/C=C2/NC(=S)N(c3ccccc3OC)C2=O)cc1COc1ccc(C)cc1Cl. The molecule has 6 nitrogen and oxygen atoms in total. The van der Waals surface area contributed by atoms with Gasteiger partial charge < -0.3 is 19.5 Å². The smallest absolute Gasteiger partial charge is 0.281 e. The third kappa shape index (κ3) is 4.85. The van der Waals surface area contributed by atoms with Crippen LogP contribution in [-0.2, 0) is 11.4 Å². The van der Waals surface area contributed by atoms with Gasteiger partial charge in [0, 0.05) is 5.56 Å². The molecule has 0 aromatic heterocycles. The number of nitrogens with zero attached hydrogens (tertiary/aromatic N) is 1. The number of rotatable bonds is 7. The number of hydrogen-bond donors (Lipinski definition) is 1. The maximum Gasteiger partial charge on any atom is 0.281 e. The van der Waals surface area contributed by atoms with E-state index in [4.69, 9.17) is 38.0 Å². The minimum atomic E-state index is -0.269. The fourth-order valence-electron chi connectivity index (χ4n) is 3.61. The van der Waals surface area contributed by atoms with E-state index in [9.17, 15) is 4.79 Å². The molecule has 0 saturated carbocycles. The number of hydrogen-bond acceptors (Lipinski definition) is 5. The summed E-state index contributed by atoms with van der Waals surface area (Å²) < 4.78 is 16.8. The van der Waals surface area contributed by atoms with E-state index in [2.05, 4.69) is 5.32 Å². The van der Waals surface area contributed by atoms with Crippen molar-refractivity contribution in [1.29, 1.82) is 0 Å². The lowest BCUT2D eigenvalue weighted by Crippen LogP contribution is -2.30. The molecule has 1 amide bonds. The number of benzene rings is 3. The van der Waals surface area contributed by atoms with Crippen molar-refractivity contribution in [2.75, 3.05) is 19.1 Å². The van der Waals surface area contributed by atoms with Crippen molar-refractivity contribution in [3.8, 4) is 17.2 Å². The van der Waals surface area contributed by atoms with Gasteiger partial charge in [-0.05, 0) is 72.7 Å². The molecular formula is C26H23ClN2O4S. The van der Waals surface area contributed by atoms with Crippen LogP contribution < -0.4 is 24.4 Å². The Morgan fingerprint density at radius 2 is 1.74 bits per heavy atom. The summed E-state index contributed by atoms with van der Waals surface area (Å²) in [5.41, 5.74) is 3.58. The van der Waals surface area contributed by atoms with E-state index >= 15 is 0 Å². The summed E-state index contributed by atoms with van der Waals surface area (Å²) >= 11 is 11.7. The molecule has 0 spiro atoms. The molecule has 0 bridgehead atoms. The second kappa shape index (κ2) is 10.2. The van der Waals surface area contributed by atoms with Crippen LogP contribution in [0.25, 0.3) is 6.08 Å². The quantitative estimate of drug-likeness (QED) is 0.345. The van der Waals surface area contributed by atoms with Gasteiger partial charge in [0.2, 0.25) is 0 Å². The number of carbonyl (C=O) groups is 1. The van der Waals surface area contributed by atoms with Gasteiger partial charge in [-0.25, -0.2) is 4.90 Å². The number of halogens is 1. The van der Waals surface area contributed by atoms with Crippen molar-refractivity contribution in [3.63, 3.8) is 0 Å². The first-order valence-electron chi connectivity index (χ1n) is 10.5. The van der Waals surface area contributed by atoms with Crippen LogP contribution in [0.15, 0.2) is 66.4 Å². The maximum absolute atomic E-state index is 13.2. The van der Waals surface area contributed by atoms with E-state index < -0.39 is 0 Å². The van der Waals surface area contributed by atoms with Crippen LogP contribution >= 0.6 is 23.8 Å². The van der Waals surface area contributed by atoms with Gasteiger partial charge in [-0.1, -0.05) is 35.9 Å². The van der Waals surface area contributed by atoms with Crippen molar-refractivity contribution >= 4 is 46.6 Å². The second-order valence-corrected chi connectivity index (χ2v) is 8.39. The molecule has 174 valence electrons. The van der Waals surface area contributed by atoms with Crippen LogP contribution in [0.2, 0.25) is 5.02 Å². The molecule has 1 aliphatic heterocycles. The highest BCUT2D eigenvalue weighted by Crippen LogP contribution is 2.32. The fourth-order valence-corrected chi connectivity index (χ4v) is 4.20. The molecule has 1 saturated heterocycles. The van der Waals surface area contributed by atoms with Gasteiger partial charge in [0.15, 0.2) is 5.11 Å². The van der Waals surface area contributed by atoms with Crippen LogP contribution in [0.3, 0.4) is 0 Å². The standard InChI is InChI=1S/C26H23ClN2O4S/c1-16-8-10-23(19(27)12-16)33-15-18-13-17(9-11-22(18)31-2)14-20-25(30)29(26(34)28-20)21-6-4-5-7-24(21)32-3/h4-14H,15H2,1-3H3,(H,28,34)/b20-14+. The Morgan fingerprint density at radius 1 is 1.00 bits per heavy atom. The number of thiocarbonyl (C=S) groups is 1. The second-order valence-electron chi connectivity index (χ2n) is 7.59. The number of ether oxygens (including phenoxy) is 3. The summed E-state index contributed by atoms with van der Waals surface area (Å²) in [5.74, 6) is 1.54. The molecule has 0 radical (unpaired) electrons. The van der Waals surface area contributed by atoms with Crippen molar-refractivity contribution in [3.05, 3.63) is 88.1 Å². The maximum atomic E-state index is 13.2. The lowest BCUT2D eigenvalue weighted by atomic mass is 10.1. The Balaban J connectivity index is 1.59. The fraction of sp³-hybridized carbons (Fsp3) is 0.154. The van der Waals surface area contributed by atoms with Gasteiger partial charge in [-0.15, -0.1) is 0 Å². The summed E-state index contributed by atoms with van der Waals surface area (Å²) in [6, 6.07) is 18.4. The molecule has 1 heterocycles. The summed E-state index contributed by atoms with van der Waals surface area (Å²) in [7, 11) is 3.15. The molecule has 0 aliphatic carbocycles. The van der Waals surface area contributed by atoms with E-state index in [1.54, 1.807) is 32.4 Å². The summed E-state index contributed by atoms with van der Waals surface area (Å²) in [5, 5.41) is 3.83. The first-order chi connectivity index (χ1) is 16.4. The third-order valence-electron chi connectivity index (χ3n) is 5.29. The lowest BCUT2D eigenvalue weighted by Gasteiger charge is -2.17. The van der Waals surface area contributed by atoms with Crippen LogP contribution in [0, 0.1) is 6.92 Å². The van der Waals surface area contributed by atoms with Crippen molar-refractivity contribution < 1.29 is 19.0 Å². The highest BCUT2D eigenvalue weighted by Gasteiger charge is 2.33. The Bertz CT molecular complexity index is 1290. The monoisotopic (exact) mass is 494 g/mol. The average molecular weight is 495 g/mol. The van der Waals surface area contributed by atoms with Crippen molar-refractivity contribution in [2.45, 2.75) is 13.5 Å². The molecule has 8 heteroatoms. The molecule has 0 unspecified atom stereocenters. The van der Waals surface area contributed by atoms with Gasteiger partial charge >= 0.3 is 0 Å². The normalized spacial score (nSPS) is 14.4. The van der Waals surface area contributed by atoms with Crippen LogP contribution in [0.4, 0.5) is 5.69 Å². The van der Waals surface area contributed by atoms with E-state index in [-0.39, 0.29) is 17.6 Å². The first kappa shape index (κ1) is 23.6. The molecule has 3 aromatic rings. The Labute approximate surface area is 208 Å². The van der Waals surface area contributed by atoms with Gasteiger partial charge in [0.05, 0.1) is 24.9 Å². The van der Waals surface area contributed by atoms with Crippen LogP contribution in [-0.4, -0.2) is 25.2 Å². The van der Waals surface area contributed by atoms with Crippen molar-refractivity contribution in [2.24, 2.45) is 0 Å². The molecule has 34 heavy (non-hydrogen) atoms. The van der Waals surface area contributed by atoms with E-state index in [0.29, 0.717) is 33.7 Å². The molecule has 3 aromatic carbocycles. The zero-order valence-electron chi connectivity index (χ0n) is 18.9. The summed E-state index contributed by atoms with van der Waals surface area (Å²) in [6.45, 7) is 2.21. The molecule has 0 atom stereocenters. The molecular weight excluding hydrogens is 472 g/mol. The minimum Gasteiger partial charge on any atom is -0.496 e. The van der Waals surface area contributed by atoms with E-state index in [1.165, 1.54) is 4.90 Å². The van der Waals surface area contributed by atoms with Crippen LogP contribution in [0.5, 0.6) is 17.2 Å². The Morgan fingerprint density at radius 3 is 2.47 bits per heavy atom. The predicted molar refractivity (Wildman–Crippen MR) is 138 cm³/mol. The van der Waals surface area contributed by atoms with Crippen LogP contribution in [0.1, 0.15) is 16.7 Å². The average Bonchev–Trinajstić information content (AvgIpc) is 3.11. The van der Waals surface area contributed by atoms with E-state index in [1.807, 2.05) is 55.5 Å². The Hall–Kier alpha value is -3.55. The van der Waals surface area contributed by atoms with Crippen molar-refractivity contribution in [1.82, 2.24) is 5.32 Å². The number of aryl methyl sites for hydroxylation is 1. The topological polar surface area (TPSA) is 60.0 Å². The summed E-state index contributed by atoms with van der Waals surface area (Å²) in [6.07, 6.45) is 1.74.